The molecule has 0 spiro atoms. The molecule has 5 nitrogen and oxygen atoms in total. The van der Waals surface area contributed by atoms with Crippen LogP contribution in [0.5, 0.6) is 0 Å². The molecule has 1 saturated heterocycles. The monoisotopic (exact) mass is 366 g/mol. The van der Waals surface area contributed by atoms with Crippen LogP contribution in [-0.2, 0) is 14.3 Å². The predicted octanol–water partition coefficient (Wildman–Crippen LogP) is 3.29. The van der Waals surface area contributed by atoms with E-state index in [4.69, 9.17) is 9.47 Å². The van der Waals surface area contributed by atoms with Crippen molar-refractivity contribution in [2.24, 2.45) is 5.92 Å². The number of rotatable bonds is 2. The molecule has 0 aromatic rings. The van der Waals surface area contributed by atoms with E-state index in [2.05, 4.69) is 26.5 Å². The van der Waals surface area contributed by atoms with Crippen LogP contribution in [0.25, 0.3) is 0 Å². The minimum atomic E-state index is -1.20. The number of aliphatic hydroxyl groups is 2. The Kier molecular flexibility index (Phi) is 6.70. The van der Waals surface area contributed by atoms with Gasteiger partial charge in [-0.3, -0.25) is 0 Å². The molecule has 0 aromatic heterocycles. The van der Waals surface area contributed by atoms with E-state index in [9.17, 15) is 15.0 Å². The molecule has 0 amide bonds. The summed E-state index contributed by atoms with van der Waals surface area (Å²) >= 11 is 0. The van der Waals surface area contributed by atoms with Crippen molar-refractivity contribution in [2.75, 3.05) is 7.11 Å². The maximum atomic E-state index is 12.0. The second-order valence-electron chi connectivity index (χ2n) is 8.41. The van der Waals surface area contributed by atoms with Crippen molar-refractivity contribution < 1.29 is 24.5 Å². The SMILES string of the molecule is C=C(C(=O)OC)[C@@H]1CC[C@@](C)(O)[C@H](O)CC/C(C)=C\CC[C@]2(C)O[C@H]2C1. The highest BCUT2D eigenvalue weighted by Gasteiger charge is 2.52. The summed E-state index contributed by atoms with van der Waals surface area (Å²) in [4.78, 5) is 12.0. The molecule has 1 fully saturated rings. The summed E-state index contributed by atoms with van der Waals surface area (Å²) in [6, 6.07) is 0. The highest BCUT2D eigenvalue weighted by atomic mass is 16.6. The number of hydrogen-bond acceptors (Lipinski definition) is 5. The number of ether oxygens (including phenoxy) is 2. The fraction of sp³-hybridized carbons (Fsp3) is 0.762. The Labute approximate surface area is 157 Å². The molecule has 26 heavy (non-hydrogen) atoms. The quantitative estimate of drug-likeness (QED) is 0.339. The summed E-state index contributed by atoms with van der Waals surface area (Å²) < 4.78 is 10.8. The third-order valence-electron chi connectivity index (χ3n) is 6.14. The molecule has 1 heterocycles. The highest BCUT2D eigenvalue weighted by Crippen LogP contribution is 2.46. The molecule has 1 aliphatic heterocycles. The van der Waals surface area contributed by atoms with Gasteiger partial charge >= 0.3 is 5.97 Å². The number of aliphatic hydroxyl groups excluding tert-OH is 1. The van der Waals surface area contributed by atoms with Crippen LogP contribution in [0.3, 0.4) is 0 Å². The van der Waals surface area contributed by atoms with E-state index in [0.29, 0.717) is 31.3 Å². The largest absolute Gasteiger partial charge is 0.466 e. The Morgan fingerprint density at radius 2 is 2.04 bits per heavy atom. The second kappa shape index (κ2) is 8.24. The number of epoxide rings is 1. The Balaban J connectivity index is 2.18. The van der Waals surface area contributed by atoms with Gasteiger partial charge in [0.15, 0.2) is 0 Å². The Bertz CT molecular complexity index is 565. The van der Waals surface area contributed by atoms with Crippen LogP contribution in [0, 0.1) is 5.92 Å². The van der Waals surface area contributed by atoms with E-state index in [1.807, 2.05) is 0 Å². The molecule has 148 valence electrons. The number of esters is 1. The lowest BCUT2D eigenvalue weighted by atomic mass is 9.81. The van der Waals surface area contributed by atoms with Crippen molar-refractivity contribution in [3.63, 3.8) is 0 Å². The van der Waals surface area contributed by atoms with Gasteiger partial charge in [0, 0.05) is 5.57 Å². The number of methoxy groups -OCH3 is 1. The molecule has 5 atom stereocenters. The average molecular weight is 366 g/mol. The van der Waals surface area contributed by atoms with Crippen molar-refractivity contribution in [1.82, 2.24) is 0 Å². The van der Waals surface area contributed by atoms with E-state index < -0.39 is 17.7 Å². The number of carbonyl (C=O) groups excluding carboxylic acids is 1. The van der Waals surface area contributed by atoms with Gasteiger partial charge in [0.25, 0.3) is 0 Å². The van der Waals surface area contributed by atoms with E-state index >= 15 is 0 Å². The molecule has 0 radical (unpaired) electrons. The predicted molar refractivity (Wildman–Crippen MR) is 101 cm³/mol. The standard InChI is InChI=1S/C21H34O5/c1-14-7-6-11-21(4)18(26-21)13-16(15(2)19(23)25-5)10-12-20(3,24)17(22)9-8-14/h7,16-18,22,24H,2,6,8-13H2,1,3-5H3/b14-7-/t16-,17-,18+,20-,21+/m1/s1. The van der Waals surface area contributed by atoms with Crippen LogP contribution in [0.2, 0.25) is 0 Å². The molecule has 0 aromatic carbocycles. The Morgan fingerprint density at radius 1 is 1.35 bits per heavy atom. The van der Waals surface area contributed by atoms with Crippen LogP contribution in [0.1, 0.15) is 65.7 Å². The van der Waals surface area contributed by atoms with Crippen molar-refractivity contribution >= 4 is 5.97 Å². The van der Waals surface area contributed by atoms with E-state index in [1.165, 1.54) is 12.7 Å². The van der Waals surface area contributed by atoms with Gasteiger partial charge in [-0.15, -0.1) is 0 Å². The molecule has 0 bridgehead atoms. The van der Waals surface area contributed by atoms with Crippen LogP contribution >= 0.6 is 0 Å². The fourth-order valence-electron chi connectivity index (χ4n) is 3.81. The van der Waals surface area contributed by atoms with Crippen LogP contribution in [0.4, 0.5) is 0 Å². The number of carbonyl (C=O) groups is 1. The summed E-state index contributed by atoms with van der Waals surface area (Å²) in [6.07, 6.45) is 6.25. The zero-order valence-corrected chi connectivity index (χ0v) is 16.6. The third-order valence-corrected chi connectivity index (χ3v) is 6.14. The summed E-state index contributed by atoms with van der Waals surface area (Å²) in [5.41, 5.74) is 0.290. The van der Waals surface area contributed by atoms with Crippen LogP contribution in [-0.4, -0.2) is 46.7 Å². The molecule has 5 heteroatoms. The van der Waals surface area contributed by atoms with Crippen molar-refractivity contribution in [3.8, 4) is 0 Å². The van der Waals surface area contributed by atoms with Crippen LogP contribution < -0.4 is 0 Å². The highest BCUT2D eigenvalue weighted by molar-refractivity contribution is 5.88. The lowest BCUT2D eigenvalue weighted by Gasteiger charge is -2.31. The fourth-order valence-corrected chi connectivity index (χ4v) is 3.81. The maximum Gasteiger partial charge on any atom is 0.333 e. The van der Waals surface area contributed by atoms with Gasteiger partial charge in [-0.05, 0) is 71.6 Å². The van der Waals surface area contributed by atoms with Gasteiger partial charge in [-0.2, -0.15) is 0 Å². The van der Waals surface area contributed by atoms with Gasteiger partial charge < -0.3 is 19.7 Å². The molecule has 2 rings (SSSR count). The molecular formula is C21H34O5. The number of fused-ring (bicyclic) bond motifs is 1. The van der Waals surface area contributed by atoms with E-state index in [0.717, 1.165) is 19.3 Å². The molecule has 1 aliphatic carbocycles. The summed E-state index contributed by atoms with van der Waals surface area (Å²) in [5.74, 6) is -0.551. The topological polar surface area (TPSA) is 79.3 Å². The summed E-state index contributed by atoms with van der Waals surface area (Å²) in [5, 5.41) is 21.1. The van der Waals surface area contributed by atoms with Gasteiger partial charge in [0.1, 0.15) is 0 Å². The molecule has 0 saturated carbocycles. The lowest BCUT2D eigenvalue weighted by molar-refractivity contribution is -0.136. The first-order valence-electron chi connectivity index (χ1n) is 9.60. The molecule has 0 unspecified atom stereocenters. The van der Waals surface area contributed by atoms with Crippen molar-refractivity contribution in [2.45, 2.75) is 89.1 Å². The zero-order chi connectivity index (χ0) is 19.5. The third kappa shape index (κ3) is 5.18. The first-order chi connectivity index (χ1) is 12.1. The minimum Gasteiger partial charge on any atom is -0.466 e. The lowest BCUT2D eigenvalue weighted by Crippen LogP contribution is -2.40. The van der Waals surface area contributed by atoms with Gasteiger partial charge in [-0.1, -0.05) is 18.2 Å². The van der Waals surface area contributed by atoms with Gasteiger partial charge in [-0.25, -0.2) is 4.79 Å². The number of hydrogen-bond donors (Lipinski definition) is 2. The van der Waals surface area contributed by atoms with Gasteiger partial charge in [0.05, 0.1) is 30.5 Å². The molecule has 2 aliphatic rings. The Morgan fingerprint density at radius 3 is 2.69 bits per heavy atom. The first-order valence-corrected chi connectivity index (χ1v) is 9.60. The van der Waals surface area contributed by atoms with Crippen LogP contribution in [0.15, 0.2) is 23.8 Å². The summed E-state index contributed by atoms with van der Waals surface area (Å²) in [7, 11) is 1.35. The van der Waals surface area contributed by atoms with Crippen molar-refractivity contribution in [3.05, 3.63) is 23.8 Å². The van der Waals surface area contributed by atoms with Crippen molar-refractivity contribution in [1.29, 1.82) is 0 Å². The summed E-state index contributed by atoms with van der Waals surface area (Å²) in [6.45, 7) is 9.77. The molecule has 2 N–H and O–H groups in total. The average Bonchev–Trinajstić information content (AvgIpc) is 3.23. The first kappa shape index (κ1) is 21.1. The Hall–Kier alpha value is -1.17. The number of allylic oxidation sites excluding steroid dienone is 2. The zero-order valence-electron chi connectivity index (χ0n) is 16.6. The minimum absolute atomic E-state index is 0.0837. The maximum absolute atomic E-state index is 12.0. The smallest absolute Gasteiger partial charge is 0.333 e. The van der Waals surface area contributed by atoms with E-state index in [1.54, 1.807) is 6.92 Å². The second-order valence-corrected chi connectivity index (χ2v) is 8.41. The van der Waals surface area contributed by atoms with E-state index in [-0.39, 0.29) is 17.6 Å². The van der Waals surface area contributed by atoms with Gasteiger partial charge in [0.2, 0.25) is 0 Å². The normalized spacial score (nSPS) is 41.2. The molecular weight excluding hydrogens is 332 g/mol.